The Bertz CT molecular complexity index is 447. The molecule has 0 saturated heterocycles. The van der Waals surface area contributed by atoms with Crippen LogP contribution in [0.2, 0.25) is 0 Å². The summed E-state index contributed by atoms with van der Waals surface area (Å²) in [6.07, 6.45) is 3.75. The summed E-state index contributed by atoms with van der Waals surface area (Å²) in [6, 6.07) is 10.5. The molecule has 2 aromatic rings. The average Bonchev–Trinajstić information content (AvgIpc) is 2.32. The third kappa shape index (κ3) is 2.93. The van der Waals surface area contributed by atoms with Crippen LogP contribution in [0.15, 0.2) is 42.7 Å². The van der Waals surface area contributed by atoms with Crippen LogP contribution in [0.4, 0.5) is 0 Å². The van der Waals surface area contributed by atoms with Gasteiger partial charge in [0.2, 0.25) is 0 Å². The minimum atomic E-state index is 1.22. The zero-order valence-corrected chi connectivity index (χ0v) is 10.5. The molecule has 1 heteroatoms. The van der Waals surface area contributed by atoms with E-state index in [1.54, 1.807) is 0 Å². The average molecular weight is 213 g/mol. The largest absolute Gasteiger partial charge is 0.264 e. The number of nitrogens with zero attached hydrogens (tertiary/aromatic N) is 1. The van der Waals surface area contributed by atoms with E-state index < -0.39 is 0 Å². The lowest BCUT2D eigenvalue weighted by atomic mass is 10.0. The highest BCUT2D eigenvalue weighted by Gasteiger charge is 2.00. The first-order chi connectivity index (χ1) is 7.77. The third-order valence-electron chi connectivity index (χ3n) is 2.37. The molecule has 0 aliphatic carbocycles. The van der Waals surface area contributed by atoms with Crippen LogP contribution >= 0.6 is 0 Å². The van der Waals surface area contributed by atoms with Gasteiger partial charge in [0.1, 0.15) is 0 Å². The maximum atomic E-state index is 4.15. The number of aryl methyl sites for hydroxylation is 2. The molecule has 1 heterocycles. The Balaban J connectivity index is 0.000000606. The predicted molar refractivity (Wildman–Crippen MR) is 70.5 cm³/mol. The fraction of sp³-hybridized carbons (Fsp3) is 0.267. The van der Waals surface area contributed by atoms with Gasteiger partial charge in [0, 0.05) is 18.0 Å². The molecule has 0 saturated carbocycles. The summed E-state index contributed by atoms with van der Waals surface area (Å²) in [5.74, 6) is 0. The highest BCUT2D eigenvalue weighted by molar-refractivity contribution is 5.66. The van der Waals surface area contributed by atoms with Crippen molar-refractivity contribution in [2.24, 2.45) is 0 Å². The summed E-state index contributed by atoms with van der Waals surface area (Å²) in [5.41, 5.74) is 5.02. The van der Waals surface area contributed by atoms with Gasteiger partial charge in [-0.2, -0.15) is 0 Å². The Labute approximate surface area is 98.2 Å². The number of rotatable bonds is 1. The van der Waals surface area contributed by atoms with E-state index in [1.807, 2.05) is 32.3 Å². The second kappa shape index (κ2) is 6.06. The number of benzene rings is 1. The number of hydrogen-bond acceptors (Lipinski definition) is 1. The summed E-state index contributed by atoms with van der Waals surface area (Å²) >= 11 is 0. The molecule has 0 N–H and O–H groups in total. The Morgan fingerprint density at radius 3 is 2.38 bits per heavy atom. The van der Waals surface area contributed by atoms with E-state index in [0.717, 1.165) is 0 Å². The first-order valence-corrected chi connectivity index (χ1v) is 5.75. The molecule has 2 rings (SSSR count). The quantitative estimate of drug-likeness (QED) is 0.684. The maximum Gasteiger partial charge on any atom is 0.0349 e. The zero-order valence-electron chi connectivity index (χ0n) is 10.5. The molecule has 1 aromatic carbocycles. The summed E-state index contributed by atoms with van der Waals surface area (Å²) in [4.78, 5) is 4.15. The highest BCUT2D eigenvalue weighted by Crippen LogP contribution is 2.22. The summed E-state index contributed by atoms with van der Waals surface area (Å²) in [7, 11) is 0. The Morgan fingerprint density at radius 2 is 1.75 bits per heavy atom. The summed E-state index contributed by atoms with van der Waals surface area (Å²) in [6.45, 7) is 8.22. The van der Waals surface area contributed by atoms with Crippen LogP contribution in [0.1, 0.15) is 25.0 Å². The van der Waals surface area contributed by atoms with Crippen LogP contribution in [0.25, 0.3) is 11.1 Å². The van der Waals surface area contributed by atoms with Crippen molar-refractivity contribution in [2.45, 2.75) is 27.7 Å². The van der Waals surface area contributed by atoms with E-state index in [9.17, 15) is 0 Å². The fourth-order valence-electron chi connectivity index (χ4n) is 1.58. The van der Waals surface area contributed by atoms with Crippen LogP contribution in [0.3, 0.4) is 0 Å². The summed E-state index contributed by atoms with van der Waals surface area (Å²) in [5, 5.41) is 0. The van der Waals surface area contributed by atoms with Gasteiger partial charge in [-0.1, -0.05) is 43.7 Å². The van der Waals surface area contributed by atoms with Gasteiger partial charge in [0.25, 0.3) is 0 Å². The normalized spacial score (nSPS) is 9.25. The lowest BCUT2D eigenvalue weighted by Crippen LogP contribution is -1.84. The lowest BCUT2D eigenvalue weighted by Gasteiger charge is -2.05. The number of pyridine rings is 1. The Hall–Kier alpha value is -1.63. The van der Waals surface area contributed by atoms with Gasteiger partial charge in [-0.05, 0) is 31.0 Å². The van der Waals surface area contributed by atoms with Crippen molar-refractivity contribution in [1.29, 1.82) is 0 Å². The van der Waals surface area contributed by atoms with Crippen molar-refractivity contribution in [2.75, 3.05) is 0 Å². The van der Waals surface area contributed by atoms with Gasteiger partial charge >= 0.3 is 0 Å². The second-order valence-electron chi connectivity index (χ2n) is 3.56. The molecule has 0 bridgehead atoms. The molecule has 1 aromatic heterocycles. The van der Waals surface area contributed by atoms with E-state index in [2.05, 4.69) is 43.1 Å². The van der Waals surface area contributed by atoms with E-state index in [4.69, 9.17) is 0 Å². The molecule has 0 unspecified atom stereocenters. The zero-order chi connectivity index (χ0) is 12.0. The molecule has 0 fully saturated rings. The Morgan fingerprint density at radius 1 is 1.00 bits per heavy atom. The molecule has 84 valence electrons. The van der Waals surface area contributed by atoms with Gasteiger partial charge in [-0.25, -0.2) is 0 Å². The van der Waals surface area contributed by atoms with E-state index >= 15 is 0 Å². The third-order valence-corrected chi connectivity index (χ3v) is 2.37. The van der Waals surface area contributed by atoms with Crippen LogP contribution in [-0.2, 0) is 0 Å². The van der Waals surface area contributed by atoms with Gasteiger partial charge in [0.15, 0.2) is 0 Å². The van der Waals surface area contributed by atoms with Crippen molar-refractivity contribution < 1.29 is 0 Å². The van der Waals surface area contributed by atoms with E-state index in [1.165, 1.54) is 22.3 Å². The lowest BCUT2D eigenvalue weighted by molar-refractivity contribution is 1.28. The van der Waals surface area contributed by atoms with Crippen molar-refractivity contribution in [3.63, 3.8) is 0 Å². The maximum absolute atomic E-state index is 4.15. The Kier molecular flexibility index (Phi) is 4.71. The minimum absolute atomic E-state index is 1.22. The minimum Gasteiger partial charge on any atom is -0.264 e. The van der Waals surface area contributed by atoms with Gasteiger partial charge in [-0.15, -0.1) is 0 Å². The van der Waals surface area contributed by atoms with Gasteiger partial charge in [0.05, 0.1) is 0 Å². The van der Waals surface area contributed by atoms with Crippen LogP contribution in [0, 0.1) is 13.8 Å². The van der Waals surface area contributed by atoms with Crippen molar-refractivity contribution in [3.05, 3.63) is 53.9 Å². The van der Waals surface area contributed by atoms with E-state index in [0.29, 0.717) is 0 Å². The predicted octanol–water partition coefficient (Wildman–Crippen LogP) is 4.39. The van der Waals surface area contributed by atoms with E-state index in [-0.39, 0.29) is 0 Å². The number of aromatic nitrogens is 1. The number of hydrogen-bond donors (Lipinski definition) is 0. The molecule has 1 nitrogen and oxygen atoms in total. The first-order valence-electron chi connectivity index (χ1n) is 5.75. The van der Waals surface area contributed by atoms with Crippen molar-refractivity contribution in [3.8, 4) is 11.1 Å². The smallest absolute Gasteiger partial charge is 0.0349 e. The molecule has 0 radical (unpaired) electrons. The topological polar surface area (TPSA) is 12.9 Å². The molecular formula is C15H19N. The monoisotopic (exact) mass is 213 g/mol. The molecule has 0 aliphatic heterocycles. The molecular weight excluding hydrogens is 194 g/mol. The SMILES string of the molecule is CC.Cc1cccc(-c2cnccc2C)c1. The molecule has 0 atom stereocenters. The van der Waals surface area contributed by atoms with Crippen molar-refractivity contribution in [1.82, 2.24) is 4.98 Å². The van der Waals surface area contributed by atoms with Crippen molar-refractivity contribution >= 4 is 0 Å². The summed E-state index contributed by atoms with van der Waals surface area (Å²) < 4.78 is 0. The second-order valence-corrected chi connectivity index (χ2v) is 3.56. The van der Waals surface area contributed by atoms with Crippen LogP contribution in [-0.4, -0.2) is 4.98 Å². The van der Waals surface area contributed by atoms with Crippen LogP contribution in [0.5, 0.6) is 0 Å². The van der Waals surface area contributed by atoms with Gasteiger partial charge < -0.3 is 0 Å². The standard InChI is InChI=1S/C13H13N.C2H6/c1-10-4-3-5-12(8-10)13-9-14-7-6-11(13)2;1-2/h3-9H,1-2H3;1-2H3. The molecule has 0 aliphatic rings. The molecule has 0 amide bonds. The highest BCUT2D eigenvalue weighted by atomic mass is 14.6. The van der Waals surface area contributed by atoms with Crippen LogP contribution < -0.4 is 0 Å². The van der Waals surface area contributed by atoms with Gasteiger partial charge in [-0.3, -0.25) is 4.98 Å². The first kappa shape index (κ1) is 12.4. The fourth-order valence-corrected chi connectivity index (χ4v) is 1.58. The molecule has 16 heavy (non-hydrogen) atoms. The molecule has 0 spiro atoms.